The summed E-state index contributed by atoms with van der Waals surface area (Å²) in [4.78, 5) is 28.1. The molecule has 1 saturated heterocycles. The second kappa shape index (κ2) is 11.4. The Morgan fingerprint density at radius 1 is 1.16 bits per heavy atom. The summed E-state index contributed by atoms with van der Waals surface area (Å²) < 4.78 is 28.5. The Morgan fingerprint density at radius 3 is 2.57 bits per heavy atom. The van der Waals surface area contributed by atoms with Crippen LogP contribution in [-0.2, 0) is 4.79 Å². The fourth-order valence-corrected chi connectivity index (χ4v) is 6.68. The van der Waals surface area contributed by atoms with Crippen molar-refractivity contribution in [3.05, 3.63) is 58.3 Å². The van der Waals surface area contributed by atoms with Gasteiger partial charge in [-0.25, -0.2) is 8.78 Å². The van der Waals surface area contributed by atoms with Crippen LogP contribution in [0.4, 0.5) is 8.78 Å². The molecule has 3 atom stereocenters. The van der Waals surface area contributed by atoms with Crippen LogP contribution in [0.3, 0.4) is 0 Å². The Hall–Kier alpha value is -2.60. The van der Waals surface area contributed by atoms with E-state index in [0.29, 0.717) is 31.7 Å². The largest absolute Gasteiger partial charge is 0.341 e. The topological polar surface area (TPSA) is 42.3 Å². The Balaban J connectivity index is 1.60. The Bertz CT molecular complexity index is 1240. The maximum Gasteiger partial charge on any atom is 0.251 e. The van der Waals surface area contributed by atoms with Crippen molar-refractivity contribution in [2.45, 2.75) is 91.7 Å². The van der Waals surface area contributed by atoms with Crippen molar-refractivity contribution in [3.8, 4) is 0 Å². The van der Waals surface area contributed by atoms with Crippen LogP contribution in [0.1, 0.15) is 88.3 Å². The van der Waals surface area contributed by atoms with Crippen LogP contribution >= 0.6 is 0 Å². The highest BCUT2D eigenvalue weighted by molar-refractivity contribution is 6.10. The van der Waals surface area contributed by atoms with Crippen molar-refractivity contribution in [1.82, 2.24) is 9.47 Å². The van der Waals surface area contributed by atoms with E-state index in [1.807, 2.05) is 43.9 Å². The monoisotopic (exact) mass is 510 g/mol. The Morgan fingerprint density at radius 2 is 1.89 bits per heavy atom. The van der Waals surface area contributed by atoms with Crippen molar-refractivity contribution in [2.24, 2.45) is 5.92 Å². The maximum absolute atomic E-state index is 13.6. The molecular weight excluding hydrogens is 470 g/mol. The SMILES string of the molecule is CCC1CC(C(C)n2c(C)c(C(=O)CCC3=C(C)C=C(C)CC3=O)c3ccccc32)CCN1CC(F)F. The summed E-state index contributed by atoms with van der Waals surface area (Å²) in [6, 6.07) is 8.36. The molecule has 0 bridgehead atoms. The van der Waals surface area contributed by atoms with E-state index in [0.717, 1.165) is 58.1 Å². The molecule has 0 radical (unpaired) electrons. The summed E-state index contributed by atoms with van der Waals surface area (Å²) in [5, 5.41) is 0.954. The van der Waals surface area contributed by atoms with Gasteiger partial charge in [-0.3, -0.25) is 14.5 Å². The number of benzene rings is 1. The first-order valence-electron chi connectivity index (χ1n) is 13.7. The first-order valence-corrected chi connectivity index (χ1v) is 13.7. The number of para-hydroxylation sites is 1. The van der Waals surface area contributed by atoms with Crippen LogP contribution in [0.2, 0.25) is 0 Å². The zero-order chi connectivity index (χ0) is 26.9. The summed E-state index contributed by atoms with van der Waals surface area (Å²) in [6.45, 7) is 10.8. The molecule has 1 fully saturated rings. The number of halogens is 2. The number of ketones is 2. The molecule has 1 aliphatic heterocycles. The molecule has 1 aromatic carbocycles. The predicted octanol–water partition coefficient (Wildman–Crippen LogP) is 7.46. The van der Waals surface area contributed by atoms with Crippen LogP contribution in [0.25, 0.3) is 10.9 Å². The third-order valence-electron chi connectivity index (χ3n) is 8.56. The molecule has 0 spiro atoms. The van der Waals surface area contributed by atoms with E-state index >= 15 is 0 Å². The lowest BCUT2D eigenvalue weighted by molar-refractivity contribution is -0.115. The van der Waals surface area contributed by atoms with Gasteiger partial charge >= 0.3 is 0 Å². The zero-order valence-corrected chi connectivity index (χ0v) is 22.8. The lowest BCUT2D eigenvalue weighted by atomic mass is 9.84. The van der Waals surface area contributed by atoms with Gasteiger partial charge in [0.1, 0.15) is 0 Å². The van der Waals surface area contributed by atoms with Gasteiger partial charge < -0.3 is 4.57 Å². The molecule has 3 unspecified atom stereocenters. The highest BCUT2D eigenvalue weighted by Gasteiger charge is 2.34. The van der Waals surface area contributed by atoms with Crippen LogP contribution < -0.4 is 0 Å². The second-order valence-electron chi connectivity index (χ2n) is 11.0. The molecule has 200 valence electrons. The highest BCUT2D eigenvalue weighted by atomic mass is 19.3. The van der Waals surface area contributed by atoms with Gasteiger partial charge in [-0.2, -0.15) is 0 Å². The van der Waals surface area contributed by atoms with Gasteiger partial charge in [0.05, 0.1) is 6.54 Å². The van der Waals surface area contributed by atoms with Gasteiger partial charge in [0.2, 0.25) is 0 Å². The van der Waals surface area contributed by atoms with E-state index in [9.17, 15) is 18.4 Å². The van der Waals surface area contributed by atoms with E-state index in [4.69, 9.17) is 0 Å². The van der Waals surface area contributed by atoms with E-state index in [1.54, 1.807) is 0 Å². The minimum absolute atomic E-state index is 0.0669. The number of Topliss-reactive ketones (excluding diaryl/α,β-unsaturated/α-hetero) is 2. The van der Waals surface area contributed by atoms with Gasteiger partial charge in [0, 0.05) is 47.1 Å². The number of piperidine rings is 1. The van der Waals surface area contributed by atoms with Crippen molar-refractivity contribution in [3.63, 3.8) is 0 Å². The number of nitrogens with zero attached hydrogens (tertiary/aromatic N) is 2. The summed E-state index contributed by atoms with van der Waals surface area (Å²) in [7, 11) is 0. The average molecular weight is 511 g/mol. The number of fused-ring (bicyclic) bond motifs is 1. The molecular formula is C31H40F2N2O2. The quantitative estimate of drug-likeness (QED) is 0.329. The van der Waals surface area contributed by atoms with E-state index in [1.165, 1.54) is 0 Å². The number of carbonyl (C=O) groups excluding carboxylic acids is 2. The summed E-state index contributed by atoms with van der Waals surface area (Å²) >= 11 is 0. The number of likely N-dealkylation sites (tertiary alicyclic amines) is 1. The van der Waals surface area contributed by atoms with Gasteiger partial charge in [-0.15, -0.1) is 0 Å². The molecule has 1 aliphatic carbocycles. The first kappa shape index (κ1) is 27.4. The number of allylic oxidation sites excluding steroid dienone is 4. The minimum atomic E-state index is -2.31. The third-order valence-corrected chi connectivity index (χ3v) is 8.56. The normalized spacial score (nSPS) is 22.2. The third kappa shape index (κ3) is 5.64. The van der Waals surface area contributed by atoms with Crippen molar-refractivity contribution >= 4 is 22.5 Å². The van der Waals surface area contributed by atoms with Crippen LogP contribution in [-0.4, -0.2) is 46.6 Å². The van der Waals surface area contributed by atoms with E-state index in [2.05, 4.69) is 30.6 Å². The van der Waals surface area contributed by atoms with Crippen molar-refractivity contribution in [2.75, 3.05) is 13.1 Å². The second-order valence-corrected chi connectivity index (χ2v) is 11.0. The molecule has 2 aromatic rings. The fourth-order valence-electron chi connectivity index (χ4n) is 6.68. The number of alkyl halides is 2. The Kier molecular flexibility index (Phi) is 8.47. The number of hydrogen-bond donors (Lipinski definition) is 0. The predicted molar refractivity (Wildman–Crippen MR) is 145 cm³/mol. The van der Waals surface area contributed by atoms with Gasteiger partial charge in [-0.1, -0.05) is 36.8 Å². The average Bonchev–Trinajstić information content (AvgIpc) is 3.14. The van der Waals surface area contributed by atoms with Gasteiger partial charge in [0.25, 0.3) is 6.43 Å². The van der Waals surface area contributed by atoms with E-state index in [-0.39, 0.29) is 30.2 Å². The summed E-state index contributed by atoms with van der Waals surface area (Å²) in [6.07, 6.45) is 3.54. The van der Waals surface area contributed by atoms with Gasteiger partial charge in [0.15, 0.2) is 11.6 Å². The molecule has 4 nitrogen and oxygen atoms in total. The van der Waals surface area contributed by atoms with Crippen molar-refractivity contribution < 1.29 is 18.4 Å². The molecule has 2 heterocycles. The Labute approximate surface area is 219 Å². The lowest BCUT2D eigenvalue weighted by Crippen LogP contribution is -2.45. The molecule has 1 aromatic heterocycles. The van der Waals surface area contributed by atoms with Crippen LogP contribution in [0, 0.1) is 12.8 Å². The smallest absolute Gasteiger partial charge is 0.251 e. The number of carbonyl (C=O) groups is 2. The molecule has 4 rings (SSSR count). The van der Waals surface area contributed by atoms with Crippen LogP contribution in [0.15, 0.2) is 47.1 Å². The molecule has 2 aliphatic rings. The number of aromatic nitrogens is 1. The first-order chi connectivity index (χ1) is 17.6. The van der Waals surface area contributed by atoms with Crippen LogP contribution in [0.5, 0.6) is 0 Å². The highest BCUT2D eigenvalue weighted by Crippen LogP contribution is 2.38. The zero-order valence-electron chi connectivity index (χ0n) is 22.8. The molecule has 37 heavy (non-hydrogen) atoms. The molecule has 0 N–H and O–H groups in total. The lowest BCUT2D eigenvalue weighted by Gasteiger charge is -2.41. The molecule has 6 heteroatoms. The number of rotatable bonds is 9. The number of hydrogen-bond acceptors (Lipinski definition) is 3. The summed E-state index contributed by atoms with van der Waals surface area (Å²) in [5.41, 5.74) is 5.56. The molecule has 0 saturated carbocycles. The maximum atomic E-state index is 13.6. The minimum Gasteiger partial charge on any atom is -0.341 e. The van der Waals surface area contributed by atoms with E-state index < -0.39 is 6.43 Å². The van der Waals surface area contributed by atoms with Gasteiger partial charge in [-0.05, 0) is 83.1 Å². The van der Waals surface area contributed by atoms with Crippen molar-refractivity contribution in [1.29, 1.82) is 0 Å². The molecule has 0 amide bonds. The fraction of sp³-hybridized carbons (Fsp3) is 0.548. The standard InChI is InChI=1S/C31H40F2N2O2/c1-6-24-17-23(13-14-34(24)18-30(32)33)21(4)35-22(5)31(26-9-7-8-10-27(26)35)28(36)12-11-25-20(3)15-19(2)16-29(25)37/h7-10,15,21,23-24,30H,6,11-14,16-18H2,1-5H3. The summed E-state index contributed by atoms with van der Waals surface area (Å²) in [5.74, 6) is 0.540.